The first kappa shape index (κ1) is 23.3. The maximum absolute atomic E-state index is 13.3. The molecular formula is C23H21F3N2O4S. The van der Waals surface area contributed by atoms with E-state index in [4.69, 9.17) is 9.47 Å². The van der Waals surface area contributed by atoms with Gasteiger partial charge < -0.3 is 9.47 Å². The van der Waals surface area contributed by atoms with Gasteiger partial charge in [-0.1, -0.05) is 23.9 Å². The Bertz CT molecular complexity index is 1220. The van der Waals surface area contributed by atoms with Crippen LogP contribution < -0.4 is 5.56 Å². The quantitative estimate of drug-likeness (QED) is 0.291. The van der Waals surface area contributed by atoms with Gasteiger partial charge in [0.25, 0.3) is 5.56 Å². The predicted molar refractivity (Wildman–Crippen MR) is 117 cm³/mol. The van der Waals surface area contributed by atoms with Crippen molar-refractivity contribution in [2.24, 2.45) is 0 Å². The van der Waals surface area contributed by atoms with Crippen LogP contribution in [0.25, 0.3) is 10.9 Å². The predicted octanol–water partition coefficient (Wildman–Crippen LogP) is 4.67. The fraction of sp³-hybridized carbons (Fsp3) is 0.348. The summed E-state index contributed by atoms with van der Waals surface area (Å²) in [5, 5.41) is 0.768. The summed E-state index contributed by atoms with van der Waals surface area (Å²) in [7, 11) is 1.27. The van der Waals surface area contributed by atoms with Gasteiger partial charge in [0.15, 0.2) is 5.16 Å². The second kappa shape index (κ2) is 9.56. The average Bonchev–Trinajstić information content (AvgIpc) is 3.32. The van der Waals surface area contributed by atoms with Gasteiger partial charge in [0.1, 0.15) is 0 Å². The van der Waals surface area contributed by atoms with Gasteiger partial charge in [0.2, 0.25) is 0 Å². The molecule has 3 aromatic rings. The second-order valence-corrected chi connectivity index (χ2v) is 8.59. The lowest BCUT2D eigenvalue weighted by atomic mass is 10.1. The van der Waals surface area contributed by atoms with E-state index in [-0.39, 0.29) is 17.2 Å². The average molecular weight is 478 g/mol. The van der Waals surface area contributed by atoms with Crippen LogP contribution in [0.3, 0.4) is 0 Å². The van der Waals surface area contributed by atoms with Crippen LogP contribution in [0.4, 0.5) is 13.2 Å². The van der Waals surface area contributed by atoms with Gasteiger partial charge >= 0.3 is 12.1 Å². The third-order valence-electron chi connectivity index (χ3n) is 5.40. The van der Waals surface area contributed by atoms with Crippen molar-refractivity contribution in [3.63, 3.8) is 0 Å². The number of aromatic nitrogens is 2. The summed E-state index contributed by atoms with van der Waals surface area (Å²) in [4.78, 5) is 29.8. The molecule has 10 heteroatoms. The Morgan fingerprint density at radius 1 is 1.24 bits per heavy atom. The molecule has 1 atom stereocenters. The Hall–Kier alpha value is -2.85. The number of hydrogen-bond donors (Lipinski definition) is 0. The zero-order chi connectivity index (χ0) is 23.6. The van der Waals surface area contributed by atoms with Crippen LogP contribution in [-0.2, 0) is 27.9 Å². The van der Waals surface area contributed by atoms with E-state index in [1.807, 2.05) is 0 Å². The summed E-state index contributed by atoms with van der Waals surface area (Å²) in [6.45, 7) is 0.965. The smallest absolute Gasteiger partial charge is 0.416 e. The van der Waals surface area contributed by atoms with Crippen LogP contribution in [0.2, 0.25) is 0 Å². The molecule has 1 unspecified atom stereocenters. The number of carbonyl (C=O) groups is 1. The lowest BCUT2D eigenvalue weighted by Crippen LogP contribution is -2.29. The highest BCUT2D eigenvalue weighted by atomic mass is 32.2. The minimum absolute atomic E-state index is 0.110. The van der Waals surface area contributed by atoms with E-state index < -0.39 is 17.7 Å². The molecule has 33 heavy (non-hydrogen) atoms. The Balaban J connectivity index is 1.68. The number of alkyl halides is 3. The number of thioether (sulfide) groups is 1. The molecule has 0 radical (unpaired) electrons. The molecule has 0 N–H and O–H groups in total. The molecule has 2 heterocycles. The molecular weight excluding hydrogens is 457 g/mol. The maximum atomic E-state index is 13.3. The van der Waals surface area contributed by atoms with Crippen LogP contribution in [0.5, 0.6) is 0 Å². The molecule has 1 aliphatic heterocycles. The van der Waals surface area contributed by atoms with Gasteiger partial charge in [-0.2, -0.15) is 13.2 Å². The molecule has 0 amide bonds. The van der Waals surface area contributed by atoms with Gasteiger partial charge in [-0.15, -0.1) is 0 Å². The summed E-state index contributed by atoms with van der Waals surface area (Å²) in [6, 6.07) is 9.46. The first-order chi connectivity index (χ1) is 15.8. The second-order valence-electron chi connectivity index (χ2n) is 7.65. The zero-order valence-electron chi connectivity index (χ0n) is 17.7. The molecule has 0 saturated carbocycles. The van der Waals surface area contributed by atoms with Crippen molar-refractivity contribution < 1.29 is 27.4 Å². The number of benzene rings is 2. The number of hydrogen-bond acceptors (Lipinski definition) is 6. The van der Waals surface area contributed by atoms with Gasteiger partial charge in [-0.25, -0.2) is 9.78 Å². The molecule has 1 fully saturated rings. The molecule has 0 spiro atoms. The van der Waals surface area contributed by atoms with Gasteiger partial charge in [-0.05, 0) is 48.7 Å². The van der Waals surface area contributed by atoms with Crippen LogP contribution >= 0.6 is 11.8 Å². The van der Waals surface area contributed by atoms with E-state index in [9.17, 15) is 22.8 Å². The van der Waals surface area contributed by atoms with Crippen molar-refractivity contribution in [1.82, 2.24) is 9.55 Å². The van der Waals surface area contributed by atoms with Crippen molar-refractivity contribution in [1.29, 1.82) is 0 Å². The number of fused-ring (bicyclic) bond motifs is 1. The van der Waals surface area contributed by atoms with Gasteiger partial charge in [-0.3, -0.25) is 9.36 Å². The zero-order valence-corrected chi connectivity index (χ0v) is 18.5. The van der Waals surface area contributed by atoms with Crippen molar-refractivity contribution in [2.75, 3.05) is 13.7 Å². The number of halogens is 3. The molecule has 0 aliphatic carbocycles. The fourth-order valence-corrected chi connectivity index (χ4v) is 4.61. The minimum atomic E-state index is -4.40. The minimum Gasteiger partial charge on any atom is -0.465 e. The number of nitrogens with zero attached hydrogens (tertiary/aromatic N) is 2. The lowest BCUT2D eigenvalue weighted by Gasteiger charge is -2.17. The summed E-state index contributed by atoms with van der Waals surface area (Å²) >= 11 is 1.24. The number of carbonyl (C=O) groups excluding carboxylic acids is 1. The third kappa shape index (κ3) is 5.22. The van der Waals surface area contributed by atoms with Crippen LogP contribution in [0.1, 0.15) is 34.3 Å². The molecule has 2 aromatic carbocycles. The van der Waals surface area contributed by atoms with E-state index in [0.717, 1.165) is 25.0 Å². The Morgan fingerprint density at radius 2 is 2.00 bits per heavy atom. The summed E-state index contributed by atoms with van der Waals surface area (Å²) in [5.74, 6) is -0.223. The first-order valence-corrected chi connectivity index (χ1v) is 11.3. The van der Waals surface area contributed by atoms with Crippen molar-refractivity contribution >= 4 is 28.6 Å². The number of methoxy groups -OCH3 is 1. The molecule has 0 bridgehead atoms. The topological polar surface area (TPSA) is 70.4 Å². The van der Waals surface area contributed by atoms with Gasteiger partial charge in [0.05, 0.1) is 41.8 Å². The highest BCUT2D eigenvalue weighted by Crippen LogP contribution is 2.30. The standard InChI is InChI=1S/C23H21F3N2O4S/c1-31-21(30)15-6-9-18-19(11-15)27-22(28(20(18)29)12-17-3-2-10-32-17)33-13-14-4-7-16(8-5-14)23(24,25)26/h4-9,11,17H,2-3,10,12-13H2,1H3. The van der Waals surface area contributed by atoms with Crippen LogP contribution in [0.15, 0.2) is 52.4 Å². The van der Waals surface area contributed by atoms with E-state index in [2.05, 4.69) is 4.98 Å². The Kier molecular flexibility index (Phi) is 6.76. The van der Waals surface area contributed by atoms with Crippen LogP contribution in [-0.4, -0.2) is 35.3 Å². The monoisotopic (exact) mass is 478 g/mol. The van der Waals surface area contributed by atoms with E-state index in [0.29, 0.717) is 40.5 Å². The Labute approximate surface area is 191 Å². The van der Waals surface area contributed by atoms with Crippen molar-refractivity contribution in [3.05, 3.63) is 69.5 Å². The molecule has 1 saturated heterocycles. The van der Waals surface area contributed by atoms with Crippen LogP contribution in [0, 0.1) is 0 Å². The number of esters is 1. The lowest BCUT2D eigenvalue weighted by molar-refractivity contribution is -0.137. The molecule has 1 aromatic heterocycles. The molecule has 6 nitrogen and oxygen atoms in total. The Morgan fingerprint density at radius 3 is 2.64 bits per heavy atom. The molecule has 4 rings (SSSR count). The summed E-state index contributed by atoms with van der Waals surface area (Å²) in [5.41, 5.74) is 0.302. The summed E-state index contributed by atoms with van der Waals surface area (Å²) in [6.07, 6.45) is -2.77. The first-order valence-electron chi connectivity index (χ1n) is 10.3. The molecule has 174 valence electrons. The SMILES string of the molecule is COC(=O)c1ccc2c(=O)n(CC3CCCO3)c(SCc3ccc(C(F)(F)F)cc3)nc2c1. The van der Waals surface area contributed by atoms with Crippen molar-refractivity contribution in [3.8, 4) is 0 Å². The van der Waals surface area contributed by atoms with Gasteiger partial charge in [0, 0.05) is 12.4 Å². The largest absolute Gasteiger partial charge is 0.465 e. The third-order valence-corrected chi connectivity index (χ3v) is 6.45. The number of ether oxygens (including phenoxy) is 2. The molecule has 1 aliphatic rings. The van der Waals surface area contributed by atoms with E-state index in [1.165, 1.54) is 43.1 Å². The maximum Gasteiger partial charge on any atom is 0.416 e. The normalized spacial score (nSPS) is 16.3. The van der Waals surface area contributed by atoms with E-state index in [1.54, 1.807) is 10.6 Å². The van der Waals surface area contributed by atoms with Crippen molar-refractivity contribution in [2.45, 2.75) is 42.6 Å². The fourth-order valence-electron chi connectivity index (χ4n) is 3.65. The highest BCUT2D eigenvalue weighted by Gasteiger charge is 2.30. The summed E-state index contributed by atoms with van der Waals surface area (Å²) < 4.78 is 50.5. The number of rotatable bonds is 6. The van der Waals surface area contributed by atoms with E-state index >= 15 is 0 Å². The highest BCUT2D eigenvalue weighted by molar-refractivity contribution is 7.98.